The van der Waals surface area contributed by atoms with Crippen molar-refractivity contribution in [3.8, 4) is 0 Å². The zero-order valence-electron chi connectivity index (χ0n) is 15.9. The number of hydrogen-bond acceptors (Lipinski definition) is 3. The number of likely N-dealkylation sites (tertiary alicyclic amines) is 1. The number of aromatic nitrogens is 1. The Hall–Kier alpha value is -2.43. The van der Waals surface area contributed by atoms with Crippen LogP contribution in [0, 0.1) is 5.82 Å². The van der Waals surface area contributed by atoms with Gasteiger partial charge in [-0.3, -0.25) is 9.78 Å². The molecule has 2 aliphatic heterocycles. The number of hydrogen-bond donors (Lipinski definition) is 0. The van der Waals surface area contributed by atoms with Crippen molar-refractivity contribution in [1.82, 2.24) is 9.88 Å². The third-order valence-electron chi connectivity index (χ3n) is 5.92. The SMILES string of the molecule is CC1(C)C[C@H]2[C@H](CCCN2C(=O)Cc2ccccn2)N1c1ccc(F)cc1. The molecule has 4 rings (SSSR count). The zero-order valence-corrected chi connectivity index (χ0v) is 15.9. The topological polar surface area (TPSA) is 36.4 Å². The van der Waals surface area contributed by atoms with Gasteiger partial charge in [-0.15, -0.1) is 0 Å². The standard InChI is InChI=1S/C22H26FN3O/c1-22(2)15-20-19(26(22)18-10-8-16(23)9-11-18)7-5-13-25(20)21(27)14-17-6-3-4-12-24-17/h3-4,6,8-12,19-20H,5,7,13-15H2,1-2H3/t19-,20-/m0/s1. The van der Waals surface area contributed by atoms with Crippen molar-refractivity contribution in [2.75, 3.05) is 11.4 Å². The van der Waals surface area contributed by atoms with E-state index in [0.29, 0.717) is 6.42 Å². The molecule has 0 spiro atoms. The maximum atomic E-state index is 13.4. The molecule has 0 bridgehead atoms. The van der Waals surface area contributed by atoms with Gasteiger partial charge in [0, 0.05) is 29.7 Å². The summed E-state index contributed by atoms with van der Waals surface area (Å²) in [6, 6.07) is 12.9. The first-order chi connectivity index (χ1) is 13.0. The van der Waals surface area contributed by atoms with Crippen LogP contribution in [0.4, 0.5) is 10.1 Å². The van der Waals surface area contributed by atoms with Crippen molar-refractivity contribution >= 4 is 11.6 Å². The van der Waals surface area contributed by atoms with Gasteiger partial charge in [0.2, 0.25) is 5.91 Å². The number of benzene rings is 1. The van der Waals surface area contributed by atoms with Gasteiger partial charge >= 0.3 is 0 Å². The molecule has 3 heterocycles. The summed E-state index contributed by atoms with van der Waals surface area (Å²) in [6.45, 7) is 5.24. The highest BCUT2D eigenvalue weighted by atomic mass is 19.1. The van der Waals surface area contributed by atoms with E-state index in [1.807, 2.05) is 30.3 Å². The predicted octanol–water partition coefficient (Wildman–Crippen LogP) is 3.81. The smallest absolute Gasteiger partial charge is 0.228 e. The van der Waals surface area contributed by atoms with Crippen LogP contribution in [-0.2, 0) is 11.2 Å². The van der Waals surface area contributed by atoms with Gasteiger partial charge in [-0.25, -0.2) is 4.39 Å². The molecule has 0 radical (unpaired) electrons. The maximum absolute atomic E-state index is 13.4. The van der Waals surface area contributed by atoms with E-state index in [2.05, 4.69) is 28.6 Å². The lowest BCUT2D eigenvalue weighted by Gasteiger charge is -2.42. The van der Waals surface area contributed by atoms with Crippen molar-refractivity contribution in [2.45, 2.75) is 57.2 Å². The van der Waals surface area contributed by atoms with Gasteiger partial charge in [0.1, 0.15) is 5.82 Å². The first kappa shape index (κ1) is 18.0. The molecule has 1 aromatic carbocycles. The summed E-state index contributed by atoms with van der Waals surface area (Å²) in [5.41, 5.74) is 1.77. The van der Waals surface area contributed by atoms with Crippen LogP contribution < -0.4 is 4.90 Å². The van der Waals surface area contributed by atoms with E-state index in [1.165, 1.54) is 12.1 Å². The number of carbonyl (C=O) groups excluding carboxylic acids is 1. The second-order valence-corrected chi connectivity index (χ2v) is 8.22. The lowest BCUT2D eigenvalue weighted by molar-refractivity contribution is -0.134. The van der Waals surface area contributed by atoms with Crippen molar-refractivity contribution in [3.05, 3.63) is 60.2 Å². The molecule has 1 aromatic heterocycles. The van der Waals surface area contributed by atoms with Gasteiger partial charge in [-0.05, 0) is 69.5 Å². The minimum atomic E-state index is -0.219. The molecule has 27 heavy (non-hydrogen) atoms. The molecule has 0 N–H and O–H groups in total. The fourth-order valence-electron chi connectivity index (χ4n) is 4.85. The van der Waals surface area contributed by atoms with E-state index in [-0.39, 0.29) is 29.3 Å². The van der Waals surface area contributed by atoms with Crippen LogP contribution in [0.2, 0.25) is 0 Å². The summed E-state index contributed by atoms with van der Waals surface area (Å²) in [6.07, 6.45) is 5.04. The monoisotopic (exact) mass is 367 g/mol. The highest BCUT2D eigenvalue weighted by Gasteiger charge is 2.50. The van der Waals surface area contributed by atoms with Gasteiger partial charge in [-0.2, -0.15) is 0 Å². The largest absolute Gasteiger partial charge is 0.361 e. The Kier molecular flexibility index (Phi) is 4.62. The van der Waals surface area contributed by atoms with E-state index in [1.54, 1.807) is 6.20 Å². The number of pyridine rings is 1. The molecule has 0 saturated carbocycles. The number of fused-ring (bicyclic) bond motifs is 1. The van der Waals surface area contributed by atoms with Crippen molar-refractivity contribution in [2.24, 2.45) is 0 Å². The fraction of sp³-hybridized carbons (Fsp3) is 0.455. The van der Waals surface area contributed by atoms with Crippen LogP contribution in [0.5, 0.6) is 0 Å². The Morgan fingerprint density at radius 3 is 2.67 bits per heavy atom. The predicted molar refractivity (Wildman–Crippen MR) is 104 cm³/mol. The fourth-order valence-corrected chi connectivity index (χ4v) is 4.85. The Bertz CT molecular complexity index is 806. The summed E-state index contributed by atoms with van der Waals surface area (Å²) in [4.78, 5) is 21.8. The lowest BCUT2D eigenvalue weighted by atomic mass is 9.93. The van der Waals surface area contributed by atoms with Crippen molar-refractivity contribution < 1.29 is 9.18 Å². The molecule has 5 heteroatoms. The zero-order chi connectivity index (χ0) is 19.0. The molecule has 2 saturated heterocycles. The average molecular weight is 367 g/mol. The van der Waals surface area contributed by atoms with Crippen LogP contribution >= 0.6 is 0 Å². The molecule has 2 atom stereocenters. The quantitative estimate of drug-likeness (QED) is 0.828. The molecule has 0 unspecified atom stereocenters. The number of amides is 1. The van der Waals surface area contributed by atoms with E-state index in [0.717, 1.165) is 37.2 Å². The first-order valence-electron chi connectivity index (χ1n) is 9.70. The number of anilines is 1. The highest BCUT2D eigenvalue weighted by Crippen LogP contribution is 2.43. The molecule has 142 valence electrons. The number of rotatable bonds is 3. The van der Waals surface area contributed by atoms with Crippen LogP contribution in [0.25, 0.3) is 0 Å². The first-order valence-corrected chi connectivity index (χ1v) is 9.70. The van der Waals surface area contributed by atoms with Crippen molar-refractivity contribution in [3.63, 3.8) is 0 Å². The van der Waals surface area contributed by atoms with Crippen LogP contribution in [0.15, 0.2) is 48.7 Å². The minimum Gasteiger partial charge on any atom is -0.361 e. The minimum absolute atomic E-state index is 0.0823. The Morgan fingerprint density at radius 2 is 1.96 bits per heavy atom. The summed E-state index contributed by atoms with van der Waals surface area (Å²) in [5, 5.41) is 0. The number of nitrogens with zero attached hydrogens (tertiary/aromatic N) is 3. The molecule has 4 nitrogen and oxygen atoms in total. The number of piperidine rings is 1. The summed E-state index contributed by atoms with van der Waals surface area (Å²) >= 11 is 0. The van der Waals surface area contributed by atoms with E-state index < -0.39 is 0 Å². The molecular formula is C22H26FN3O. The Balaban J connectivity index is 1.58. The normalized spacial score (nSPS) is 24.0. The van der Waals surface area contributed by atoms with Gasteiger partial charge in [-0.1, -0.05) is 6.07 Å². The second kappa shape index (κ2) is 6.95. The third-order valence-corrected chi connectivity index (χ3v) is 5.92. The Labute approximate surface area is 160 Å². The summed E-state index contributed by atoms with van der Waals surface area (Å²) < 4.78 is 13.4. The molecule has 0 aliphatic carbocycles. The summed E-state index contributed by atoms with van der Waals surface area (Å²) in [7, 11) is 0. The van der Waals surface area contributed by atoms with Crippen LogP contribution in [-0.4, -0.2) is 40.0 Å². The number of carbonyl (C=O) groups is 1. The van der Waals surface area contributed by atoms with Crippen LogP contribution in [0.3, 0.4) is 0 Å². The van der Waals surface area contributed by atoms with Crippen molar-refractivity contribution in [1.29, 1.82) is 0 Å². The molecular weight excluding hydrogens is 341 g/mol. The van der Waals surface area contributed by atoms with Gasteiger partial charge in [0.25, 0.3) is 0 Å². The van der Waals surface area contributed by atoms with E-state index in [9.17, 15) is 9.18 Å². The average Bonchev–Trinajstić information content (AvgIpc) is 2.93. The van der Waals surface area contributed by atoms with Gasteiger partial charge < -0.3 is 9.80 Å². The molecule has 2 fully saturated rings. The van der Waals surface area contributed by atoms with E-state index in [4.69, 9.17) is 0 Å². The summed E-state index contributed by atoms with van der Waals surface area (Å²) in [5.74, 6) is -0.0664. The molecule has 1 amide bonds. The lowest BCUT2D eigenvalue weighted by Crippen LogP contribution is -2.53. The van der Waals surface area contributed by atoms with Crippen LogP contribution in [0.1, 0.15) is 38.8 Å². The molecule has 2 aliphatic rings. The molecule has 2 aromatic rings. The van der Waals surface area contributed by atoms with E-state index >= 15 is 0 Å². The van der Waals surface area contributed by atoms with Gasteiger partial charge in [0.05, 0.1) is 18.5 Å². The highest BCUT2D eigenvalue weighted by molar-refractivity contribution is 5.79. The second-order valence-electron chi connectivity index (χ2n) is 8.22. The third kappa shape index (κ3) is 3.43. The maximum Gasteiger partial charge on any atom is 0.228 e. The Morgan fingerprint density at radius 1 is 1.19 bits per heavy atom. The number of halogens is 1. The van der Waals surface area contributed by atoms with Gasteiger partial charge in [0.15, 0.2) is 0 Å².